The van der Waals surface area contributed by atoms with E-state index in [4.69, 9.17) is 0 Å². The SMILES string of the molecule is C=C/C=C\C1=C(C)N(C)C(=O)C(C)C(C=C)=C1/C=C\C. The summed E-state index contributed by atoms with van der Waals surface area (Å²) in [5, 5.41) is 0. The number of rotatable bonds is 4. The van der Waals surface area contributed by atoms with Gasteiger partial charge in [-0.15, -0.1) is 0 Å². The van der Waals surface area contributed by atoms with Gasteiger partial charge in [0.25, 0.3) is 0 Å². The minimum absolute atomic E-state index is 0.0846. The molecule has 0 radical (unpaired) electrons. The van der Waals surface area contributed by atoms with Crippen molar-refractivity contribution in [1.29, 1.82) is 0 Å². The highest BCUT2D eigenvalue weighted by Crippen LogP contribution is 2.32. The molecule has 2 nitrogen and oxygen atoms in total. The van der Waals surface area contributed by atoms with Crippen molar-refractivity contribution in [2.75, 3.05) is 7.05 Å². The summed E-state index contributed by atoms with van der Waals surface area (Å²) < 4.78 is 0. The van der Waals surface area contributed by atoms with Gasteiger partial charge in [-0.25, -0.2) is 0 Å². The molecule has 1 heterocycles. The second kappa shape index (κ2) is 6.90. The second-order valence-electron chi connectivity index (χ2n) is 4.79. The molecule has 0 spiro atoms. The second-order valence-corrected chi connectivity index (χ2v) is 4.79. The highest BCUT2D eigenvalue weighted by atomic mass is 16.2. The van der Waals surface area contributed by atoms with Gasteiger partial charge in [-0.2, -0.15) is 0 Å². The van der Waals surface area contributed by atoms with Crippen LogP contribution in [0.4, 0.5) is 0 Å². The van der Waals surface area contributed by atoms with Crippen LogP contribution in [0.15, 0.2) is 72.0 Å². The van der Waals surface area contributed by atoms with Crippen molar-refractivity contribution < 1.29 is 4.79 Å². The number of amides is 1. The van der Waals surface area contributed by atoms with E-state index >= 15 is 0 Å². The molecule has 1 amide bonds. The molecule has 0 aromatic rings. The summed E-state index contributed by atoms with van der Waals surface area (Å²) in [5.41, 5.74) is 3.96. The van der Waals surface area contributed by atoms with Crippen LogP contribution in [0.25, 0.3) is 0 Å². The Hall–Kier alpha value is -2.09. The topological polar surface area (TPSA) is 20.3 Å². The summed E-state index contributed by atoms with van der Waals surface area (Å²) in [5.74, 6) is -0.116. The molecule has 1 aliphatic heterocycles. The van der Waals surface area contributed by atoms with Crippen molar-refractivity contribution in [1.82, 2.24) is 4.90 Å². The van der Waals surface area contributed by atoms with Crippen LogP contribution in [0.5, 0.6) is 0 Å². The van der Waals surface area contributed by atoms with E-state index in [0.29, 0.717) is 0 Å². The molecule has 2 heteroatoms. The molecule has 1 rings (SSSR count). The molecule has 1 aliphatic rings. The monoisotopic (exact) mass is 269 g/mol. The zero-order valence-electron chi connectivity index (χ0n) is 12.8. The number of carbonyl (C=O) groups excluding carboxylic acids is 1. The summed E-state index contributed by atoms with van der Waals surface area (Å²) in [7, 11) is 1.81. The van der Waals surface area contributed by atoms with E-state index in [9.17, 15) is 4.79 Å². The molecule has 0 bridgehead atoms. The molecular formula is C18H23NO. The van der Waals surface area contributed by atoms with Crippen LogP contribution in [-0.2, 0) is 4.79 Å². The van der Waals surface area contributed by atoms with Crippen molar-refractivity contribution in [2.45, 2.75) is 20.8 Å². The standard InChI is InChI=1S/C18H23NO/c1-7-10-12-16-14(5)19(6)18(20)13(4)15(9-3)17(16)11-8-2/h7-13H,1,3H2,2,4-6H3/b11-8-,12-10-. The first-order valence-corrected chi connectivity index (χ1v) is 6.76. The highest BCUT2D eigenvalue weighted by Gasteiger charge is 2.28. The Bertz CT molecular complexity index is 544. The Morgan fingerprint density at radius 1 is 1.20 bits per heavy atom. The molecule has 0 N–H and O–H groups in total. The Morgan fingerprint density at radius 3 is 2.35 bits per heavy atom. The Kier molecular flexibility index (Phi) is 5.51. The van der Waals surface area contributed by atoms with E-state index in [-0.39, 0.29) is 11.8 Å². The number of carbonyl (C=O) groups is 1. The lowest BCUT2D eigenvalue weighted by Gasteiger charge is -2.20. The van der Waals surface area contributed by atoms with E-state index in [0.717, 1.165) is 22.4 Å². The van der Waals surface area contributed by atoms with Crippen molar-refractivity contribution in [2.24, 2.45) is 5.92 Å². The van der Waals surface area contributed by atoms with Gasteiger partial charge in [0.15, 0.2) is 0 Å². The van der Waals surface area contributed by atoms with Gasteiger partial charge >= 0.3 is 0 Å². The smallest absolute Gasteiger partial charge is 0.233 e. The highest BCUT2D eigenvalue weighted by molar-refractivity contribution is 5.86. The van der Waals surface area contributed by atoms with Crippen LogP contribution < -0.4 is 0 Å². The largest absolute Gasteiger partial charge is 0.318 e. The van der Waals surface area contributed by atoms with Crippen LogP contribution >= 0.6 is 0 Å². The molecule has 0 aliphatic carbocycles. The summed E-state index contributed by atoms with van der Waals surface area (Å²) in [6, 6.07) is 0. The number of hydrogen-bond acceptors (Lipinski definition) is 1. The van der Waals surface area contributed by atoms with Crippen molar-refractivity contribution in [3.63, 3.8) is 0 Å². The molecule has 0 saturated carbocycles. The van der Waals surface area contributed by atoms with Gasteiger partial charge in [0.1, 0.15) is 0 Å². The lowest BCUT2D eigenvalue weighted by Crippen LogP contribution is -2.29. The molecule has 0 aromatic heterocycles. The lowest BCUT2D eigenvalue weighted by molar-refractivity contribution is -0.130. The third kappa shape index (κ3) is 2.90. The van der Waals surface area contributed by atoms with Gasteiger partial charge in [-0.1, -0.05) is 49.6 Å². The fourth-order valence-electron chi connectivity index (χ4n) is 2.37. The minimum atomic E-state index is -0.201. The van der Waals surface area contributed by atoms with Gasteiger partial charge in [0.2, 0.25) is 5.91 Å². The summed E-state index contributed by atoms with van der Waals surface area (Å²) in [6.45, 7) is 13.4. The quantitative estimate of drug-likeness (QED) is 0.701. The molecule has 106 valence electrons. The Balaban J connectivity index is 3.68. The number of nitrogens with zero attached hydrogens (tertiary/aromatic N) is 1. The molecular weight excluding hydrogens is 246 g/mol. The van der Waals surface area contributed by atoms with Crippen molar-refractivity contribution in [3.8, 4) is 0 Å². The zero-order chi connectivity index (χ0) is 15.3. The number of hydrogen-bond donors (Lipinski definition) is 0. The van der Waals surface area contributed by atoms with Crippen molar-refractivity contribution >= 4 is 5.91 Å². The van der Waals surface area contributed by atoms with Crippen LogP contribution in [0.1, 0.15) is 20.8 Å². The zero-order valence-corrected chi connectivity index (χ0v) is 12.8. The molecule has 1 atom stereocenters. The molecule has 1 unspecified atom stereocenters. The number of allylic oxidation sites excluding steroid dienone is 9. The van der Waals surface area contributed by atoms with Gasteiger partial charge in [-0.3, -0.25) is 4.79 Å². The summed E-state index contributed by atoms with van der Waals surface area (Å²) in [6.07, 6.45) is 11.4. The van der Waals surface area contributed by atoms with Crippen LogP contribution in [-0.4, -0.2) is 17.9 Å². The maximum absolute atomic E-state index is 12.4. The van der Waals surface area contributed by atoms with Gasteiger partial charge in [0.05, 0.1) is 5.92 Å². The van der Waals surface area contributed by atoms with Gasteiger partial charge in [0, 0.05) is 18.3 Å². The average molecular weight is 269 g/mol. The average Bonchev–Trinajstić information content (AvgIpc) is 2.50. The third-order valence-corrected chi connectivity index (χ3v) is 3.61. The van der Waals surface area contributed by atoms with Gasteiger partial charge < -0.3 is 4.90 Å². The van der Waals surface area contributed by atoms with Crippen LogP contribution in [0.2, 0.25) is 0 Å². The maximum Gasteiger partial charge on any atom is 0.233 e. The normalized spacial score (nSPS) is 21.1. The first kappa shape index (κ1) is 16.0. The van der Waals surface area contributed by atoms with Crippen molar-refractivity contribution in [3.05, 3.63) is 72.0 Å². The lowest BCUT2D eigenvalue weighted by atomic mass is 9.91. The minimum Gasteiger partial charge on any atom is -0.318 e. The van der Waals surface area contributed by atoms with Crippen LogP contribution in [0, 0.1) is 5.92 Å². The first-order chi connectivity index (χ1) is 9.49. The predicted molar refractivity (Wildman–Crippen MR) is 86.0 cm³/mol. The molecule has 0 fully saturated rings. The van der Waals surface area contributed by atoms with Crippen LogP contribution in [0.3, 0.4) is 0 Å². The van der Waals surface area contributed by atoms with E-state index in [1.807, 2.05) is 52.1 Å². The first-order valence-electron chi connectivity index (χ1n) is 6.76. The van der Waals surface area contributed by atoms with Gasteiger partial charge in [-0.05, 0) is 31.9 Å². The van der Waals surface area contributed by atoms with E-state index in [1.165, 1.54) is 0 Å². The third-order valence-electron chi connectivity index (χ3n) is 3.61. The summed E-state index contributed by atoms with van der Waals surface area (Å²) in [4.78, 5) is 14.2. The molecule has 20 heavy (non-hydrogen) atoms. The fraction of sp³-hybridized carbons (Fsp3) is 0.278. The summed E-state index contributed by atoms with van der Waals surface area (Å²) >= 11 is 0. The van der Waals surface area contributed by atoms with E-state index < -0.39 is 0 Å². The Morgan fingerprint density at radius 2 is 1.85 bits per heavy atom. The Labute approximate surface area is 122 Å². The molecule has 0 saturated heterocycles. The molecule has 0 aromatic carbocycles. The maximum atomic E-state index is 12.4. The van der Waals surface area contributed by atoms with E-state index in [2.05, 4.69) is 13.2 Å². The predicted octanol–water partition coefficient (Wildman–Crippen LogP) is 4.17. The fourth-order valence-corrected chi connectivity index (χ4v) is 2.37. The van der Waals surface area contributed by atoms with E-state index in [1.54, 1.807) is 17.1 Å².